The van der Waals surface area contributed by atoms with Crippen molar-refractivity contribution in [3.8, 4) is 10.6 Å². The van der Waals surface area contributed by atoms with Crippen molar-refractivity contribution in [3.05, 3.63) is 27.9 Å². The number of imidazole rings is 1. The predicted octanol–water partition coefficient (Wildman–Crippen LogP) is 3.04. The third kappa shape index (κ3) is 2.72. The Morgan fingerprint density at radius 1 is 1.56 bits per heavy atom. The number of aromatic nitrogens is 2. The summed E-state index contributed by atoms with van der Waals surface area (Å²) in [5, 5.41) is 0. The molecule has 2 aromatic rings. The molecule has 16 heavy (non-hydrogen) atoms. The Kier molecular flexibility index (Phi) is 3.78. The van der Waals surface area contributed by atoms with Crippen LogP contribution >= 0.6 is 27.3 Å². The van der Waals surface area contributed by atoms with Crippen LogP contribution in [0.25, 0.3) is 10.6 Å². The minimum absolute atomic E-state index is 0.467. The van der Waals surface area contributed by atoms with Crippen LogP contribution < -0.4 is 5.73 Å². The number of halogens is 1. The Morgan fingerprint density at radius 2 is 2.38 bits per heavy atom. The highest BCUT2D eigenvalue weighted by molar-refractivity contribution is 9.11. The molecular weight excluding hydrogens is 286 g/mol. The number of nitrogens with two attached hydrogens (primary N) is 1. The van der Waals surface area contributed by atoms with Crippen molar-refractivity contribution < 1.29 is 0 Å². The number of hydrogen-bond donors (Lipinski definition) is 2. The Labute approximate surface area is 107 Å². The van der Waals surface area contributed by atoms with Crippen LogP contribution in [0.5, 0.6) is 0 Å². The number of H-pyrrole nitrogens is 1. The lowest BCUT2D eigenvalue weighted by molar-refractivity contribution is 0.577. The molecule has 0 saturated heterocycles. The smallest absolute Gasteiger partial charge is 0.106 e. The average molecular weight is 300 g/mol. The monoisotopic (exact) mass is 299 g/mol. The van der Waals surface area contributed by atoms with Gasteiger partial charge in [0.15, 0.2) is 0 Å². The van der Waals surface area contributed by atoms with E-state index in [-0.39, 0.29) is 0 Å². The van der Waals surface area contributed by atoms with Crippen LogP contribution in [0.2, 0.25) is 0 Å². The molecule has 0 saturated carbocycles. The summed E-state index contributed by atoms with van der Waals surface area (Å²) in [5.74, 6) is 1.48. The molecule has 2 rings (SSSR count). The van der Waals surface area contributed by atoms with Crippen LogP contribution in [-0.4, -0.2) is 16.5 Å². The first-order valence-corrected chi connectivity index (χ1v) is 6.79. The van der Waals surface area contributed by atoms with Crippen molar-refractivity contribution in [2.24, 2.45) is 11.7 Å². The zero-order chi connectivity index (χ0) is 11.5. The normalized spacial score (nSPS) is 12.9. The number of nitrogens with zero attached hydrogens (tertiary/aromatic N) is 1. The van der Waals surface area contributed by atoms with Gasteiger partial charge in [0.1, 0.15) is 5.82 Å². The minimum atomic E-state index is 0.467. The molecule has 0 aliphatic heterocycles. The summed E-state index contributed by atoms with van der Waals surface area (Å²) < 4.78 is 1.13. The van der Waals surface area contributed by atoms with Gasteiger partial charge in [-0.2, -0.15) is 0 Å². The fraction of sp³-hybridized carbons (Fsp3) is 0.364. The molecule has 0 fully saturated rings. The first kappa shape index (κ1) is 11.8. The summed E-state index contributed by atoms with van der Waals surface area (Å²) in [6, 6.07) is 4.13. The molecule has 0 amide bonds. The van der Waals surface area contributed by atoms with Gasteiger partial charge in [0.2, 0.25) is 0 Å². The molecule has 86 valence electrons. The van der Waals surface area contributed by atoms with Gasteiger partial charge in [-0.05, 0) is 40.5 Å². The van der Waals surface area contributed by atoms with E-state index in [1.807, 2.05) is 12.3 Å². The van der Waals surface area contributed by atoms with Crippen molar-refractivity contribution >= 4 is 27.3 Å². The molecule has 0 bridgehead atoms. The number of thiophene rings is 1. The van der Waals surface area contributed by atoms with Gasteiger partial charge in [-0.1, -0.05) is 6.92 Å². The van der Waals surface area contributed by atoms with E-state index in [4.69, 9.17) is 5.73 Å². The third-order valence-corrected chi connectivity index (χ3v) is 4.07. The molecule has 0 aromatic carbocycles. The van der Waals surface area contributed by atoms with Crippen molar-refractivity contribution in [2.45, 2.75) is 13.3 Å². The Morgan fingerprint density at radius 3 is 3.00 bits per heavy atom. The summed E-state index contributed by atoms with van der Waals surface area (Å²) in [5.41, 5.74) is 6.67. The first-order chi connectivity index (χ1) is 7.69. The SMILES string of the molecule is CC(CN)Cc1ncc(-c2ccc(Br)s2)[nH]1. The summed E-state index contributed by atoms with van der Waals surface area (Å²) >= 11 is 5.15. The predicted molar refractivity (Wildman–Crippen MR) is 71.5 cm³/mol. The van der Waals surface area contributed by atoms with E-state index in [1.165, 1.54) is 4.88 Å². The topological polar surface area (TPSA) is 54.7 Å². The molecule has 3 N–H and O–H groups in total. The van der Waals surface area contributed by atoms with Gasteiger partial charge < -0.3 is 10.7 Å². The highest BCUT2D eigenvalue weighted by Crippen LogP contribution is 2.30. The van der Waals surface area contributed by atoms with Crippen molar-refractivity contribution in [1.29, 1.82) is 0 Å². The lowest BCUT2D eigenvalue weighted by atomic mass is 10.1. The lowest BCUT2D eigenvalue weighted by Gasteiger charge is -2.04. The molecule has 5 heteroatoms. The lowest BCUT2D eigenvalue weighted by Crippen LogP contribution is -2.13. The summed E-state index contributed by atoms with van der Waals surface area (Å²) in [6.45, 7) is 2.82. The van der Waals surface area contributed by atoms with Crippen LogP contribution in [0, 0.1) is 5.92 Å². The van der Waals surface area contributed by atoms with E-state index >= 15 is 0 Å². The van der Waals surface area contributed by atoms with E-state index in [0.29, 0.717) is 12.5 Å². The summed E-state index contributed by atoms with van der Waals surface area (Å²) in [4.78, 5) is 8.90. The Bertz CT molecular complexity index is 463. The highest BCUT2D eigenvalue weighted by atomic mass is 79.9. The Balaban J connectivity index is 2.13. The molecule has 1 atom stereocenters. The number of aromatic amines is 1. The Hall–Kier alpha value is -0.650. The second kappa shape index (κ2) is 5.12. The molecule has 0 spiro atoms. The maximum Gasteiger partial charge on any atom is 0.106 e. The largest absolute Gasteiger partial charge is 0.341 e. The van der Waals surface area contributed by atoms with E-state index < -0.39 is 0 Å². The van der Waals surface area contributed by atoms with E-state index in [2.05, 4.69) is 38.9 Å². The average Bonchev–Trinajstić information content (AvgIpc) is 2.87. The van der Waals surface area contributed by atoms with Gasteiger partial charge in [0.05, 0.1) is 20.6 Å². The molecule has 1 unspecified atom stereocenters. The van der Waals surface area contributed by atoms with Crippen molar-refractivity contribution in [2.75, 3.05) is 6.54 Å². The second-order valence-electron chi connectivity index (χ2n) is 3.89. The fourth-order valence-corrected chi connectivity index (χ4v) is 2.82. The fourth-order valence-electron chi connectivity index (χ4n) is 1.46. The zero-order valence-corrected chi connectivity index (χ0v) is 11.4. The minimum Gasteiger partial charge on any atom is -0.341 e. The number of nitrogens with one attached hydrogen (secondary N) is 1. The molecular formula is C11H14BrN3S. The standard InChI is InChI=1S/C11H14BrN3S/c1-7(5-13)4-11-14-6-8(15-11)9-2-3-10(12)16-9/h2-3,6-7H,4-5,13H2,1H3,(H,14,15). The van der Waals surface area contributed by atoms with Crippen molar-refractivity contribution in [3.63, 3.8) is 0 Å². The maximum absolute atomic E-state index is 5.60. The molecule has 2 aromatic heterocycles. The van der Waals surface area contributed by atoms with Gasteiger partial charge in [0, 0.05) is 6.42 Å². The van der Waals surface area contributed by atoms with Gasteiger partial charge in [-0.3, -0.25) is 0 Å². The summed E-state index contributed by atoms with van der Waals surface area (Å²) in [6.07, 6.45) is 2.79. The highest BCUT2D eigenvalue weighted by Gasteiger charge is 2.08. The maximum atomic E-state index is 5.60. The van der Waals surface area contributed by atoms with Gasteiger partial charge in [-0.25, -0.2) is 4.98 Å². The molecule has 3 nitrogen and oxygen atoms in total. The molecule has 0 aliphatic carbocycles. The van der Waals surface area contributed by atoms with Crippen LogP contribution in [0.3, 0.4) is 0 Å². The van der Waals surface area contributed by atoms with Crippen molar-refractivity contribution in [1.82, 2.24) is 9.97 Å². The second-order valence-corrected chi connectivity index (χ2v) is 6.36. The van der Waals surface area contributed by atoms with E-state index in [0.717, 1.165) is 21.7 Å². The molecule has 2 heterocycles. The summed E-state index contributed by atoms with van der Waals surface area (Å²) in [7, 11) is 0. The van der Waals surface area contributed by atoms with E-state index in [9.17, 15) is 0 Å². The van der Waals surface area contributed by atoms with Crippen LogP contribution in [-0.2, 0) is 6.42 Å². The number of hydrogen-bond acceptors (Lipinski definition) is 3. The quantitative estimate of drug-likeness (QED) is 0.912. The van der Waals surface area contributed by atoms with Gasteiger partial charge in [0.25, 0.3) is 0 Å². The van der Waals surface area contributed by atoms with E-state index in [1.54, 1.807) is 11.3 Å². The third-order valence-electron chi connectivity index (χ3n) is 2.41. The zero-order valence-electron chi connectivity index (χ0n) is 9.03. The first-order valence-electron chi connectivity index (χ1n) is 5.18. The molecule has 0 aliphatic rings. The van der Waals surface area contributed by atoms with Gasteiger partial charge >= 0.3 is 0 Å². The van der Waals surface area contributed by atoms with Crippen LogP contribution in [0.1, 0.15) is 12.7 Å². The number of rotatable bonds is 4. The molecule has 0 radical (unpaired) electrons. The van der Waals surface area contributed by atoms with Crippen LogP contribution in [0.4, 0.5) is 0 Å². The van der Waals surface area contributed by atoms with Gasteiger partial charge in [-0.15, -0.1) is 11.3 Å². The van der Waals surface area contributed by atoms with Crippen LogP contribution in [0.15, 0.2) is 22.1 Å².